The predicted octanol–water partition coefficient (Wildman–Crippen LogP) is 21.1. The first kappa shape index (κ1) is 60.5. The number of rotatable bonds is 11. The second kappa shape index (κ2) is 25.3. The molecule has 0 unspecified atom stereocenters. The molecule has 16 aromatic rings. The average molecular weight is 1250 g/mol. The van der Waals surface area contributed by atoms with Gasteiger partial charge in [-0.1, -0.05) is 268 Å². The summed E-state index contributed by atoms with van der Waals surface area (Å²) in [6, 6.07) is 102. The fourth-order valence-corrected chi connectivity index (χ4v) is 12.4. The van der Waals surface area contributed by atoms with E-state index in [1.54, 1.807) is 0 Å². The van der Waals surface area contributed by atoms with Gasteiger partial charge >= 0.3 is 7.12 Å². The quantitative estimate of drug-likeness (QED) is 0.116. The molecule has 4 aromatic heterocycles. The first-order valence-corrected chi connectivity index (χ1v) is 31.9. The van der Waals surface area contributed by atoms with Gasteiger partial charge in [-0.15, -0.1) is 0 Å². The van der Waals surface area contributed by atoms with Gasteiger partial charge in [0.1, 0.15) is 22.3 Å². The number of fused-ring (bicyclic) bond motifs is 6. The van der Waals surface area contributed by atoms with Crippen molar-refractivity contribution in [3.63, 3.8) is 0 Å². The molecule has 10 nitrogen and oxygen atoms in total. The highest BCUT2D eigenvalue weighted by Crippen LogP contribution is 2.42. The minimum absolute atomic E-state index is 0. The number of aromatic nitrogens is 6. The predicted molar refractivity (Wildman–Crippen MR) is 391 cm³/mol. The van der Waals surface area contributed by atoms with Crippen molar-refractivity contribution in [3.8, 4) is 113 Å². The molecule has 11 heteroatoms. The minimum Gasteiger partial charge on any atom is -0.456 e. The van der Waals surface area contributed by atoms with E-state index in [1.807, 2.05) is 164 Å². The SMILES string of the molecule is C.CC1(C)OB(c2ccc3oc4cccc(-c5nc(-c6ccccc6)nc(-c6ccccc6)n5)c4c3c2)OC1(C)C.c1ccc(-c2cccc(-c3ccc(-c4ccc(-c5ccc6oc7cccc(-c8nc(-c9ccccc9)nc(-c9ccccc9)n8)c7c6c5)cc4)cc3)c2)cc1. The van der Waals surface area contributed by atoms with E-state index < -0.39 is 18.3 Å². The van der Waals surface area contributed by atoms with Gasteiger partial charge in [0, 0.05) is 54.9 Å². The molecular weight excluding hydrogens is 1180 g/mol. The lowest BCUT2D eigenvalue weighted by Gasteiger charge is -2.32. The summed E-state index contributed by atoms with van der Waals surface area (Å²) in [5, 5.41) is 3.90. The summed E-state index contributed by atoms with van der Waals surface area (Å²) < 4.78 is 25.4. The summed E-state index contributed by atoms with van der Waals surface area (Å²) >= 11 is 0. The maximum atomic E-state index is 6.41. The van der Waals surface area contributed by atoms with Crippen molar-refractivity contribution in [2.75, 3.05) is 0 Å². The van der Waals surface area contributed by atoms with Crippen molar-refractivity contribution >= 4 is 56.5 Å². The van der Waals surface area contributed by atoms with Gasteiger partial charge in [-0.2, -0.15) is 0 Å². The van der Waals surface area contributed by atoms with Crippen LogP contribution in [0.4, 0.5) is 0 Å². The summed E-state index contributed by atoms with van der Waals surface area (Å²) in [5.41, 5.74) is 18.2. The largest absolute Gasteiger partial charge is 0.494 e. The number of hydrogen-bond acceptors (Lipinski definition) is 10. The van der Waals surface area contributed by atoms with Crippen LogP contribution in [0.15, 0.2) is 306 Å². The van der Waals surface area contributed by atoms with Gasteiger partial charge in [-0.25, -0.2) is 29.9 Å². The molecule has 0 saturated carbocycles. The van der Waals surface area contributed by atoms with Gasteiger partial charge in [-0.3, -0.25) is 0 Å². The van der Waals surface area contributed by atoms with Crippen LogP contribution in [-0.2, 0) is 9.31 Å². The zero-order chi connectivity index (χ0) is 64.0. The summed E-state index contributed by atoms with van der Waals surface area (Å²) in [5.74, 6) is 3.68. The molecule has 0 bridgehead atoms. The molecular formula is C85H65BN6O4. The van der Waals surface area contributed by atoms with E-state index in [-0.39, 0.29) is 7.43 Å². The van der Waals surface area contributed by atoms with Crippen LogP contribution < -0.4 is 5.46 Å². The second-order valence-electron chi connectivity index (χ2n) is 24.8. The number of nitrogens with zero attached hydrogens (tertiary/aromatic N) is 6. The Morgan fingerprint density at radius 1 is 0.250 bits per heavy atom. The molecule has 0 aliphatic carbocycles. The minimum atomic E-state index is -0.474. The summed E-state index contributed by atoms with van der Waals surface area (Å²) in [4.78, 5) is 29.7. The van der Waals surface area contributed by atoms with E-state index in [0.29, 0.717) is 34.9 Å². The lowest BCUT2D eigenvalue weighted by Crippen LogP contribution is -2.41. The third kappa shape index (κ3) is 11.7. The number of benzene rings is 12. The molecule has 1 saturated heterocycles. The Morgan fingerprint density at radius 2 is 0.542 bits per heavy atom. The molecule has 1 aliphatic rings. The van der Waals surface area contributed by atoms with Crippen LogP contribution >= 0.6 is 0 Å². The molecule has 12 aromatic carbocycles. The van der Waals surface area contributed by atoms with E-state index in [1.165, 1.54) is 33.4 Å². The van der Waals surface area contributed by atoms with Crippen molar-refractivity contribution in [2.24, 2.45) is 0 Å². The molecule has 0 atom stereocenters. The standard InChI is InChI=1S/C51H33N3O.C33H28BN3O3.CH4/c1-4-12-34(13-5-1)41-18-10-19-42(32-41)37-26-22-35(23-27-37)36-24-28-38(29-25-36)43-30-31-46-45(33-43)48-44(20-11-21-47(48)55-46)51-53-49(39-14-6-2-7-15-39)52-50(54-51)40-16-8-3-9-17-40;1-32(2)33(3,4)40-34(39-32)23-18-19-26-25(20-23)28-24(16-11-17-27(28)38-26)31-36-29(21-12-7-5-8-13-21)35-30(37-31)22-14-9-6-10-15-22;/h1-33H;5-20H,1-4H3;1H4. The van der Waals surface area contributed by atoms with E-state index >= 15 is 0 Å². The Labute approximate surface area is 557 Å². The van der Waals surface area contributed by atoms with Gasteiger partial charge in [0.05, 0.1) is 11.2 Å². The smallest absolute Gasteiger partial charge is 0.456 e. The lowest BCUT2D eigenvalue weighted by molar-refractivity contribution is 0.00578. The number of hydrogen-bond donors (Lipinski definition) is 0. The molecule has 96 heavy (non-hydrogen) atoms. The molecule has 0 N–H and O–H groups in total. The lowest BCUT2D eigenvalue weighted by atomic mass is 9.78. The maximum absolute atomic E-state index is 6.41. The van der Waals surface area contributed by atoms with Crippen LogP contribution in [0, 0.1) is 0 Å². The molecule has 462 valence electrons. The number of furan rings is 2. The zero-order valence-electron chi connectivity index (χ0n) is 52.7. The third-order valence-corrected chi connectivity index (χ3v) is 18.2. The van der Waals surface area contributed by atoms with Crippen LogP contribution in [0.5, 0.6) is 0 Å². The Balaban J connectivity index is 0.000000164. The van der Waals surface area contributed by atoms with Crippen LogP contribution in [0.1, 0.15) is 35.1 Å². The van der Waals surface area contributed by atoms with Gasteiger partial charge < -0.3 is 18.1 Å². The molecule has 0 amide bonds. The van der Waals surface area contributed by atoms with E-state index in [9.17, 15) is 0 Å². The van der Waals surface area contributed by atoms with Crippen LogP contribution in [0.25, 0.3) is 157 Å². The van der Waals surface area contributed by atoms with E-state index in [0.717, 1.165) is 93.8 Å². The fourth-order valence-electron chi connectivity index (χ4n) is 12.4. The maximum Gasteiger partial charge on any atom is 0.494 e. The van der Waals surface area contributed by atoms with E-state index in [2.05, 4.69) is 161 Å². The molecule has 0 spiro atoms. The van der Waals surface area contributed by atoms with Crippen molar-refractivity contribution in [2.45, 2.75) is 46.3 Å². The highest BCUT2D eigenvalue weighted by molar-refractivity contribution is 6.62. The zero-order valence-corrected chi connectivity index (χ0v) is 52.7. The Morgan fingerprint density at radius 3 is 0.938 bits per heavy atom. The van der Waals surface area contributed by atoms with E-state index in [4.69, 9.17) is 48.0 Å². The Bertz CT molecular complexity index is 5340. The first-order valence-electron chi connectivity index (χ1n) is 31.9. The topological polar surface area (TPSA) is 122 Å². The van der Waals surface area contributed by atoms with Crippen molar-refractivity contribution in [1.82, 2.24) is 29.9 Å². The van der Waals surface area contributed by atoms with Gasteiger partial charge in [0.2, 0.25) is 0 Å². The summed E-state index contributed by atoms with van der Waals surface area (Å²) in [6.07, 6.45) is 0. The Kier molecular flexibility index (Phi) is 15.9. The highest BCUT2D eigenvalue weighted by atomic mass is 16.7. The van der Waals surface area contributed by atoms with Gasteiger partial charge in [-0.05, 0) is 114 Å². The molecule has 1 fully saturated rings. The fraction of sp³-hybridized carbons (Fsp3) is 0.0824. The molecule has 5 heterocycles. The summed E-state index contributed by atoms with van der Waals surface area (Å²) in [7, 11) is -0.474. The average Bonchev–Trinajstić information content (AvgIpc) is 1.46. The summed E-state index contributed by atoms with van der Waals surface area (Å²) in [6.45, 7) is 8.25. The second-order valence-corrected chi connectivity index (χ2v) is 24.8. The highest BCUT2D eigenvalue weighted by Gasteiger charge is 2.51. The van der Waals surface area contributed by atoms with Gasteiger partial charge in [0.25, 0.3) is 0 Å². The van der Waals surface area contributed by atoms with Gasteiger partial charge in [0.15, 0.2) is 34.9 Å². The van der Waals surface area contributed by atoms with Crippen molar-refractivity contribution < 1.29 is 18.1 Å². The monoisotopic (exact) mass is 1240 g/mol. The van der Waals surface area contributed by atoms with Crippen molar-refractivity contribution in [1.29, 1.82) is 0 Å². The Hall–Kier alpha value is -11.8. The molecule has 0 radical (unpaired) electrons. The van der Waals surface area contributed by atoms with Crippen LogP contribution in [-0.4, -0.2) is 48.2 Å². The van der Waals surface area contributed by atoms with Crippen LogP contribution in [0.3, 0.4) is 0 Å². The normalized spacial score (nSPS) is 13.2. The van der Waals surface area contributed by atoms with Crippen LogP contribution in [0.2, 0.25) is 0 Å². The third-order valence-electron chi connectivity index (χ3n) is 18.2. The van der Waals surface area contributed by atoms with Crippen molar-refractivity contribution in [3.05, 3.63) is 297 Å². The molecule has 1 aliphatic heterocycles. The molecule has 17 rings (SSSR count). The first-order chi connectivity index (χ1) is 46.5.